The van der Waals surface area contributed by atoms with E-state index in [-0.39, 0.29) is 24.1 Å². The first-order valence-corrected chi connectivity index (χ1v) is 9.48. The third kappa shape index (κ3) is 2.37. The standard InChI is InChI=1S/C20H22N4O5/c1-11-23-24-16(28-11)14(25)7-12-4-5-15-13(6-12)20(10-27-17(21)22-20)19(8-26-9-19)18(2,3)29-15/h4-6H,7-10H2,1-3H3,(H2,21,22). The first kappa shape index (κ1) is 18.1. The van der Waals surface area contributed by atoms with Crippen LogP contribution in [0.3, 0.4) is 0 Å². The van der Waals surface area contributed by atoms with E-state index in [9.17, 15) is 4.79 Å². The van der Waals surface area contributed by atoms with E-state index in [4.69, 9.17) is 29.4 Å². The van der Waals surface area contributed by atoms with Crippen LogP contribution in [0, 0.1) is 12.3 Å². The summed E-state index contributed by atoms with van der Waals surface area (Å²) in [4.78, 5) is 17.3. The Kier molecular flexibility index (Phi) is 3.62. The lowest BCUT2D eigenvalue weighted by molar-refractivity contribution is -0.247. The van der Waals surface area contributed by atoms with Crippen LogP contribution in [-0.4, -0.2) is 47.4 Å². The van der Waals surface area contributed by atoms with Crippen molar-refractivity contribution in [3.8, 4) is 5.75 Å². The lowest BCUT2D eigenvalue weighted by atomic mass is 9.55. The number of carbonyl (C=O) groups excluding carboxylic acids is 1. The van der Waals surface area contributed by atoms with E-state index in [1.54, 1.807) is 6.92 Å². The average molecular weight is 398 g/mol. The van der Waals surface area contributed by atoms with Gasteiger partial charge in [0.1, 0.15) is 23.5 Å². The Balaban J connectivity index is 1.58. The fourth-order valence-electron chi connectivity index (χ4n) is 4.60. The SMILES string of the molecule is Cc1nnc(C(=O)Cc2ccc3c(c2)C2(COC(N)=N2)C2(COC2)C(C)(C)O3)o1. The highest BCUT2D eigenvalue weighted by atomic mass is 16.5. The predicted octanol–water partition coefficient (Wildman–Crippen LogP) is 1.53. The number of Topliss-reactive ketones (excluding diaryl/α,β-unsaturated/α-hetero) is 1. The predicted molar refractivity (Wildman–Crippen MR) is 101 cm³/mol. The van der Waals surface area contributed by atoms with Crippen LogP contribution in [-0.2, 0) is 21.4 Å². The number of rotatable bonds is 3. The molecule has 1 aromatic carbocycles. The number of aromatic nitrogens is 2. The summed E-state index contributed by atoms with van der Waals surface area (Å²) < 4.78 is 22.9. The summed E-state index contributed by atoms with van der Waals surface area (Å²) in [5, 5.41) is 7.53. The smallest absolute Gasteiger partial charge is 0.284 e. The number of hydrogen-bond acceptors (Lipinski definition) is 9. The van der Waals surface area contributed by atoms with Crippen LogP contribution in [0.1, 0.15) is 41.6 Å². The van der Waals surface area contributed by atoms with E-state index in [1.807, 2.05) is 32.0 Å². The summed E-state index contributed by atoms with van der Waals surface area (Å²) in [6.45, 7) is 7.02. The monoisotopic (exact) mass is 398 g/mol. The first-order chi connectivity index (χ1) is 13.8. The third-order valence-corrected chi connectivity index (χ3v) is 6.35. The number of nitrogens with zero attached hydrogens (tertiary/aromatic N) is 3. The van der Waals surface area contributed by atoms with Gasteiger partial charge in [-0.15, -0.1) is 10.2 Å². The zero-order valence-electron chi connectivity index (χ0n) is 16.5. The molecule has 0 saturated carbocycles. The van der Waals surface area contributed by atoms with Gasteiger partial charge in [-0.3, -0.25) is 4.79 Å². The molecule has 9 heteroatoms. The largest absolute Gasteiger partial charge is 0.487 e. The number of ether oxygens (including phenoxy) is 3. The number of aryl methyl sites for hydroxylation is 1. The summed E-state index contributed by atoms with van der Waals surface area (Å²) in [5.74, 6) is 0.819. The summed E-state index contributed by atoms with van der Waals surface area (Å²) in [6, 6.07) is 5.83. The van der Waals surface area contributed by atoms with Crippen LogP contribution in [0.2, 0.25) is 0 Å². The van der Waals surface area contributed by atoms with Gasteiger partial charge in [-0.2, -0.15) is 0 Å². The molecular formula is C20H22N4O5. The Bertz CT molecular complexity index is 1040. The number of aliphatic imine (C=N–C) groups is 1. The second kappa shape index (κ2) is 5.79. The molecule has 1 unspecified atom stereocenters. The van der Waals surface area contributed by atoms with Gasteiger partial charge in [0.15, 0.2) is 0 Å². The molecule has 1 aromatic heterocycles. The van der Waals surface area contributed by atoms with Gasteiger partial charge in [0.25, 0.3) is 11.9 Å². The number of hydrogen-bond donors (Lipinski definition) is 1. The zero-order chi connectivity index (χ0) is 20.4. The van der Waals surface area contributed by atoms with Crippen molar-refractivity contribution in [2.75, 3.05) is 19.8 Å². The molecule has 0 amide bonds. The summed E-state index contributed by atoms with van der Waals surface area (Å²) in [5.41, 5.74) is 5.92. The fraction of sp³-hybridized carbons (Fsp3) is 0.500. The van der Waals surface area contributed by atoms with Gasteiger partial charge in [-0.25, -0.2) is 4.99 Å². The van der Waals surface area contributed by atoms with Crippen molar-refractivity contribution >= 4 is 11.8 Å². The molecule has 4 heterocycles. The summed E-state index contributed by atoms with van der Waals surface area (Å²) in [6.07, 6.45) is 0.123. The van der Waals surface area contributed by atoms with Crippen LogP contribution in [0.25, 0.3) is 0 Å². The minimum absolute atomic E-state index is 0.00245. The lowest BCUT2D eigenvalue weighted by Crippen LogP contribution is -2.71. The van der Waals surface area contributed by atoms with Crippen molar-refractivity contribution in [3.63, 3.8) is 0 Å². The van der Waals surface area contributed by atoms with Gasteiger partial charge < -0.3 is 24.4 Å². The minimum atomic E-state index is -0.730. The molecule has 5 rings (SSSR count). The highest BCUT2D eigenvalue weighted by Gasteiger charge is 2.71. The van der Waals surface area contributed by atoms with Crippen molar-refractivity contribution < 1.29 is 23.4 Å². The third-order valence-electron chi connectivity index (χ3n) is 6.35. The Hall–Kier alpha value is -2.94. The highest BCUT2D eigenvalue weighted by molar-refractivity contribution is 5.93. The van der Waals surface area contributed by atoms with E-state index in [2.05, 4.69) is 10.2 Å². The maximum atomic E-state index is 12.5. The van der Waals surface area contributed by atoms with Crippen molar-refractivity contribution in [2.45, 2.75) is 38.3 Å². The quantitative estimate of drug-likeness (QED) is 0.773. The maximum Gasteiger partial charge on any atom is 0.284 e. The van der Waals surface area contributed by atoms with Gasteiger partial charge >= 0.3 is 0 Å². The zero-order valence-corrected chi connectivity index (χ0v) is 16.5. The van der Waals surface area contributed by atoms with Crippen molar-refractivity contribution in [2.24, 2.45) is 16.1 Å². The average Bonchev–Trinajstić information content (AvgIpc) is 3.21. The van der Waals surface area contributed by atoms with E-state index in [0.29, 0.717) is 31.5 Å². The van der Waals surface area contributed by atoms with Gasteiger partial charge in [0, 0.05) is 18.9 Å². The molecule has 152 valence electrons. The molecule has 2 N–H and O–H groups in total. The van der Waals surface area contributed by atoms with Gasteiger partial charge in [0.05, 0.1) is 18.6 Å². The Morgan fingerprint density at radius 1 is 1.21 bits per heavy atom. The van der Waals surface area contributed by atoms with Crippen LogP contribution in [0.15, 0.2) is 27.6 Å². The Labute approximate surface area is 167 Å². The number of ketones is 1. The van der Waals surface area contributed by atoms with E-state index in [1.165, 1.54) is 0 Å². The second-order valence-electron chi connectivity index (χ2n) is 8.34. The van der Waals surface area contributed by atoms with Crippen LogP contribution in [0.4, 0.5) is 0 Å². The van der Waals surface area contributed by atoms with Crippen LogP contribution >= 0.6 is 0 Å². The molecule has 3 aliphatic heterocycles. The van der Waals surface area contributed by atoms with E-state index >= 15 is 0 Å². The number of benzene rings is 1. The molecule has 3 aliphatic rings. The number of nitrogens with two attached hydrogens (primary N) is 1. The molecule has 0 aliphatic carbocycles. The van der Waals surface area contributed by atoms with E-state index in [0.717, 1.165) is 11.1 Å². The molecule has 9 nitrogen and oxygen atoms in total. The maximum absolute atomic E-state index is 12.5. The van der Waals surface area contributed by atoms with Crippen LogP contribution < -0.4 is 10.5 Å². The normalized spacial score (nSPS) is 25.7. The lowest BCUT2D eigenvalue weighted by Gasteiger charge is -2.61. The first-order valence-electron chi connectivity index (χ1n) is 9.48. The van der Waals surface area contributed by atoms with Crippen molar-refractivity contribution in [3.05, 3.63) is 41.1 Å². The molecule has 2 aromatic rings. The number of amidine groups is 1. The number of fused-ring (bicyclic) bond motifs is 3. The minimum Gasteiger partial charge on any atom is -0.487 e. The Morgan fingerprint density at radius 3 is 2.59 bits per heavy atom. The van der Waals surface area contributed by atoms with Crippen molar-refractivity contribution in [1.82, 2.24) is 10.2 Å². The summed E-state index contributed by atoms with van der Waals surface area (Å²) >= 11 is 0. The molecule has 1 fully saturated rings. The van der Waals surface area contributed by atoms with Crippen molar-refractivity contribution in [1.29, 1.82) is 0 Å². The van der Waals surface area contributed by atoms with E-state index < -0.39 is 16.6 Å². The molecule has 0 radical (unpaired) electrons. The fourth-order valence-corrected chi connectivity index (χ4v) is 4.60. The summed E-state index contributed by atoms with van der Waals surface area (Å²) in [7, 11) is 0. The Morgan fingerprint density at radius 2 is 2.00 bits per heavy atom. The molecule has 1 saturated heterocycles. The highest BCUT2D eigenvalue weighted by Crippen LogP contribution is 2.62. The molecular weight excluding hydrogens is 376 g/mol. The second-order valence-corrected chi connectivity index (χ2v) is 8.34. The topological polar surface area (TPSA) is 122 Å². The van der Waals surface area contributed by atoms with Gasteiger partial charge in [0.2, 0.25) is 11.7 Å². The molecule has 0 bridgehead atoms. The molecule has 2 spiro atoms. The molecule has 29 heavy (non-hydrogen) atoms. The number of carbonyl (C=O) groups is 1. The molecule has 1 atom stereocenters. The van der Waals surface area contributed by atoms with Gasteiger partial charge in [-0.1, -0.05) is 6.07 Å². The van der Waals surface area contributed by atoms with Gasteiger partial charge in [-0.05, 0) is 31.5 Å². The van der Waals surface area contributed by atoms with Crippen LogP contribution in [0.5, 0.6) is 5.75 Å².